The molecule has 6 nitrogen and oxygen atoms in total. The molecule has 3 aromatic carbocycles. The maximum Gasteiger partial charge on any atom is 0.178 e. The van der Waals surface area contributed by atoms with E-state index in [0.717, 1.165) is 29.6 Å². The number of fused-ring (bicyclic) bond motifs is 6. The quantitative estimate of drug-likeness (QED) is 0.355. The summed E-state index contributed by atoms with van der Waals surface area (Å²) >= 11 is 0. The van der Waals surface area contributed by atoms with Crippen molar-refractivity contribution in [2.45, 2.75) is 26.4 Å². The molecule has 5 aromatic rings. The molecule has 0 saturated carbocycles. The zero-order valence-corrected chi connectivity index (χ0v) is 18.5. The standard InChI is InChI=1S/C27H22N6/c1-17-20-10-6-7-11-21(20)25-22(16-23-28-14-15-31(23)25)24(17)33-18(2)32(19-8-4-3-5-9-19)26-27(33)30-13-12-29-26/h3-15,18H,16H2,1-2H3/t18-/m0/s1. The number of benzene rings is 3. The number of imidazole rings is 1. The number of hydrogen-bond donors (Lipinski definition) is 0. The molecule has 33 heavy (non-hydrogen) atoms. The van der Waals surface area contributed by atoms with Gasteiger partial charge in [-0.15, -0.1) is 0 Å². The molecule has 0 radical (unpaired) electrons. The first-order valence-corrected chi connectivity index (χ1v) is 11.3. The second kappa shape index (κ2) is 6.65. The molecule has 2 aliphatic heterocycles. The SMILES string of the molecule is Cc1c(N2c3nccnc3N(c3ccccc3)[C@@H]2C)c2c(c3ccccc13)-n1ccnc1C2. The van der Waals surface area contributed by atoms with Gasteiger partial charge in [0.15, 0.2) is 11.6 Å². The van der Waals surface area contributed by atoms with Crippen LogP contribution >= 0.6 is 0 Å². The van der Waals surface area contributed by atoms with E-state index in [9.17, 15) is 0 Å². The van der Waals surface area contributed by atoms with Crippen LogP contribution in [0, 0.1) is 6.92 Å². The Morgan fingerprint density at radius 1 is 0.758 bits per heavy atom. The number of para-hydroxylation sites is 1. The Morgan fingerprint density at radius 2 is 1.45 bits per heavy atom. The van der Waals surface area contributed by atoms with Crippen molar-refractivity contribution in [3.63, 3.8) is 0 Å². The van der Waals surface area contributed by atoms with Crippen LogP contribution < -0.4 is 9.80 Å². The van der Waals surface area contributed by atoms with E-state index in [1.165, 1.54) is 33.3 Å². The molecule has 0 saturated heterocycles. The summed E-state index contributed by atoms with van der Waals surface area (Å²) in [6, 6.07) is 19.1. The first kappa shape index (κ1) is 18.4. The maximum atomic E-state index is 4.83. The van der Waals surface area contributed by atoms with Gasteiger partial charge in [-0.05, 0) is 36.9 Å². The van der Waals surface area contributed by atoms with Crippen molar-refractivity contribution in [2.75, 3.05) is 9.80 Å². The van der Waals surface area contributed by atoms with Crippen molar-refractivity contribution in [3.05, 3.63) is 96.3 Å². The molecule has 0 fully saturated rings. The van der Waals surface area contributed by atoms with Crippen molar-refractivity contribution >= 4 is 33.8 Å². The van der Waals surface area contributed by atoms with E-state index >= 15 is 0 Å². The van der Waals surface area contributed by atoms with Crippen molar-refractivity contribution < 1.29 is 0 Å². The van der Waals surface area contributed by atoms with Crippen LogP contribution in [0.3, 0.4) is 0 Å². The van der Waals surface area contributed by atoms with Crippen molar-refractivity contribution in [2.24, 2.45) is 0 Å². The van der Waals surface area contributed by atoms with Gasteiger partial charge in [0.1, 0.15) is 12.0 Å². The highest BCUT2D eigenvalue weighted by Gasteiger charge is 2.40. The lowest BCUT2D eigenvalue weighted by molar-refractivity contribution is 0.750. The van der Waals surface area contributed by atoms with Gasteiger partial charge >= 0.3 is 0 Å². The van der Waals surface area contributed by atoms with Crippen LogP contribution in [0.4, 0.5) is 23.0 Å². The van der Waals surface area contributed by atoms with Gasteiger partial charge in [0.2, 0.25) is 0 Å². The largest absolute Gasteiger partial charge is 0.302 e. The normalized spacial score (nSPS) is 16.2. The van der Waals surface area contributed by atoms with E-state index < -0.39 is 0 Å². The Hall–Kier alpha value is -4.19. The Bertz CT molecular complexity index is 1540. The van der Waals surface area contributed by atoms with Crippen LogP contribution in [0.5, 0.6) is 0 Å². The number of anilines is 4. The van der Waals surface area contributed by atoms with E-state index in [4.69, 9.17) is 9.97 Å². The Kier molecular flexibility index (Phi) is 3.71. The van der Waals surface area contributed by atoms with E-state index in [1.54, 1.807) is 12.4 Å². The van der Waals surface area contributed by atoms with Crippen molar-refractivity contribution in [1.82, 2.24) is 19.5 Å². The average Bonchev–Trinajstić information content (AvgIpc) is 3.52. The number of hydrogen-bond acceptors (Lipinski definition) is 5. The van der Waals surface area contributed by atoms with Crippen molar-refractivity contribution in [3.8, 4) is 5.69 Å². The third-order valence-electron chi connectivity index (χ3n) is 6.95. The average molecular weight is 431 g/mol. The molecule has 0 spiro atoms. The first-order chi connectivity index (χ1) is 16.2. The number of aromatic nitrogens is 4. The Morgan fingerprint density at radius 3 is 2.24 bits per heavy atom. The fourth-order valence-corrected chi connectivity index (χ4v) is 5.59. The van der Waals surface area contributed by atoms with Gasteiger partial charge in [-0.3, -0.25) is 0 Å². The summed E-state index contributed by atoms with van der Waals surface area (Å²) in [5.74, 6) is 2.85. The predicted octanol–water partition coefficient (Wildman–Crippen LogP) is 5.66. The van der Waals surface area contributed by atoms with E-state index in [1.807, 2.05) is 12.3 Å². The first-order valence-electron chi connectivity index (χ1n) is 11.3. The molecule has 4 heterocycles. The van der Waals surface area contributed by atoms with Gasteiger partial charge in [-0.2, -0.15) is 0 Å². The molecule has 0 aliphatic carbocycles. The van der Waals surface area contributed by atoms with Crippen LogP contribution in [-0.2, 0) is 6.42 Å². The highest BCUT2D eigenvalue weighted by molar-refractivity contribution is 6.02. The van der Waals surface area contributed by atoms with Gasteiger partial charge in [0.25, 0.3) is 0 Å². The summed E-state index contributed by atoms with van der Waals surface area (Å²) in [7, 11) is 0. The summed E-state index contributed by atoms with van der Waals surface area (Å²) in [6.45, 7) is 4.46. The Balaban J connectivity index is 1.53. The highest BCUT2D eigenvalue weighted by atomic mass is 15.5. The molecule has 0 bridgehead atoms. The zero-order chi connectivity index (χ0) is 22.1. The second-order valence-corrected chi connectivity index (χ2v) is 8.65. The molecular formula is C27H22N6. The van der Waals surface area contributed by atoms with Gasteiger partial charge in [-0.25, -0.2) is 15.0 Å². The summed E-state index contributed by atoms with van der Waals surface area (Å²) in [5, 5.41) is 2.51. The summed E-state index contributed by atoms with van der Waals surface area (Å²) in [4.78, 5) is 18.9. The molecular weight excluding hydrogens is 408 g/mol. The maximum absolute atomic E-state index is 4.83. The van der Waals surface area contributed by atoms with Gasteiger partial charge < -0.3 is 14.4 Å². The monoisotopic (exact) mass is 430 g/mol. The fourth-order valence-electron chi connectivity index (χ4n) is 5.59. The minimum absolute atomic E-state index is 0.0154. The molecule has 2 aliphatic rings. The smallest absolute Gasteiger partial charge is 0.178 e. The molecule has 0 unspecified atom stereocenters. The second-order valence-electron chi connectivity index (χ2n) is 8.65. The van der Waals surface area contributed by atoms with Crippen LogP contribution in [0.25, 0.3) is 16.5 Å². The van der Waals surface area contributed by atoms with E-state index in [2.05, 4.69) is 87.9 Å². The van der Waals surface area contributed by atoms with Crippen LogP contribution in [0.15, 0.2) is 79.4 Å². The third kappa shape index (κ3) is 2.40. The number of nitrogens with zero attached hydrogens (tertiary/aromatic N) is 6. The van der Waals surface area contributed by atoms with Gasteiger partial charge in [0, 0.05) is 47.8 Å². The van der Waals surface area contributed by atoms with Gasteiger partial charge in [0.05, 0.1) is 11.4 Å². The number of aryl methyl sites for hydroxylation is 1. The molecule has 160 valence electrons. The number of rotatable bonds is 2. The van der Waals surface area contributed by atoms with Crippen LogP contribution in [0.2, 0.25) is 0 Å². The molecule has 0 amide bonds. The van der Waals surface area contributed by atoms with E-state index in [0.29, 0.717) is 0 Å². The lowest BCUT2D eigenvalue weighted by Gasteiger charge is -2.32. The van der Waals surface area contributed by atoms with Gasteiger partial charge in [-0.1, -0.05) is 42.5 Å². The lowest BCUT2D eigenvalue weighted by atomic mass is 9.95. The molecule has 7 rings (SSSR count). The Labute approximate surface area is 191 Å². The summed E-state index contributed by atoms with van der Waals surface area (Å²) in [6.07, 6.45) is 8.34. The van der Waals surface area contributed by atoms with Crippen LogP contribution in [-0.4, -0.2) is 25.7 Å². The molecule has 0 N–H and O–H groups in total. The lowest BCUT2D eigenvalue weighted by Crippen LogP contribution is -2.36. The highest BCUT2D eigenvalue weighted by Crippen LogP contribution is 2.50. The zero-order valence-electron chi connectivity index (χ0n) is 18.5. The summed E-state index contributed by atoms with van der Waals surface area (Å²) in [5.41, 5.74) is 6.11. The molecule has 1 atom stereocenters. The third-order valence-corrected chi connectivity index (χ3v) is 6.95. The van der Waals surface area contributed by atoms with Crippen LogP contribution in [0.1, 0.15) is 23.9 Å². The van der Waals surface area contributed by atoms with E-state index in [-0.39, 0.29) is 6.17 Å². The minimum Gasteiger partial charge on any atom is -0.302 e. The van der Waals surface area contributed by atoms with Crippen molar-refractivity contribution in [1.29, 1.82) is 0 Å². The fraction of sp³-hybridized carbons (Fsp3) is 0.148. The minimum atomic E-state index is 0.0154. The topological polar surface area (TPSA) is 50.1 Å². The molecule has 6 heteroatoms. The molecule has 2 aromatic heterocycles. The summed E-state index contributed by atoms with van der Waals surface area (Å²) < 4.78 is 2.24. The predicted molar refractivity (Wildman–Crippen MR) is 131 cm³/mol.